The lowest BCUT2D eigenvalue weighted by Gasteiger charge is -1.91. The van der Waals surface area contributed by atoms with E-state index >= 15 is 0 Å². The van der Waals surface area contributed by atoms with E-state index in [0.717, 1.165) is 0 Å². The van der Waals surface area contributed by atoms with Gasteiger partial charge in [0, 0.05) is 0 Å². The number of aromatic nitrogens is 2. The Hall–Kier alpha value is -0.950. The summed E-state index contributed by atoms with van der Waals surface area (Å²) < 4.78 is 24.3. The van der Waals surface area contributed by atoms with Crippen LogP contribution in [0.1, 0.15) is 0 Å². The highest BCUT2D eigenvalue weighted by atomic mass is 32.2. The van der Waals surface area contributed by atoms with Crippen molar-refractivity contribution in [2.24, 2.45) is 0 Å². The fourth-order valence-corrected chi connectivity index (χ4v) is 2.44. The Labute approximate surface area is 72.8 Å². The van der Waals surface area contributed by atoms with Crippen molar-refractivity contribution in [3.05, 3.63) is 23.1 Å². The fourth-order valence-electron chi connectivity index (χ4n) is 0.575. The van der Waals surface area contributed by atoms with Gasteiger partial charge in [-0.1, -0.05) is 6.08 Å². The van der Waals surface area contributed by atoms with E-state index in [9.17, 15) is 13.2 Å². The molecular formula is C5H6N2O3S2. The molecule has 0 aliphatic heterocycles. The lowest BCUT2D eigenvalue weighted by atomic mass is 10.8. The third kappa shape index (κ3) is 1.80. The standard InChI is InChI=1S/C5H6N2O3S2/c1-2-3-12(9,10)5-6-4(8)7-11-5/h2H,1,3H2,(H,7,8). The molecule has 1 aromatic rings. The van der Waals surface area contributed by atoms with Crippen molar-refractivity contribution in [3.63, 3.8) is 0 Å². The molecule has 0 saturated heterocycles. The first kappa shape index (κ1) is 9.14. The molecule has 66 valence electrons. The van der Waals surface area contributed by atoms with Gasteiger partial charge in [0.25, 0.3) is 0 Å². The second-order valence-electron chi connectivity index (χ2n) is 1.96. The molecule has 1 N–H and O–H groups in total. The molecule has 7 heteroatoms. The Morgan fingerprint density at radius 2 is 2.33 bits per heavy atom. The molecule has 1 aromatic heterocycles. The van der Waals surface area contributed by atoms with Gasteiger partial charge in [-0.3, -0.25) is 4.37 Å². The maximum absolute atomic E-state index is 11.2. The van der Waals surface area contributed by atoms with Crippen LogP contribution in [0.2, 0.25) is 0 Å². The molecule has 0 amide bonds. The van der Waals surface area contributed by atoms with E-state index in [2.05, 4.69) is 15.9 Å². The van der Waals surface area contributed by atoms with E-state index in [1.54, 1.807) is 0 Å². The summed E-state index contributed by atoms with van der Waals surface area (Å²) in [6.07, 6.45) is 1.25. The van der Waals surface area contributed by atoms with Crippen LogP contribution < -0.4 is 5.69 Å². The smallest absolute Gasteiger partial charge is 0.259 e. The first-order valence-corrected chi connectivity index (χ1v) is 5.42. The molecule has 0 bridgehead atoms. The first-order chi connectivity index (χ1) is 5.56. The molecule has 0 unspecified atom stereocenters. The lowest BCUT2D eigenvalue weighted by Crippen LogP contribution is -2.07. The zero-order valence-electron chi connectivity index (χ0n) is 5.98. The van der Waals surface area contributed by atoms with E-state index in [-0.39, 0.29) is 10.1 Å². The summed E-state index contributed by atoms with van der Waals surface area (Å²) in [6.45, 7) is 3.29. The normalized spacial score (nSPS) is 11.3. The predicted molar refractivity (Wildman–Crippen MR) is 45.0 cm³/mol. The van der Waals surface area contributed by atoms with Crippen molar-refractivity contribution in [2.75, 3.05) is 5.75 Å². The van der Waals surface area contributed by atoms with Crippen LogP contribution in [0.15, 0.2) is 21.8 Å². The summed E-state index contributed by atoms with van der Waals surface area (Å²) in [5.74, 6) is -0.201. The number of H-pyrrole nitrogens is 1. The summed E-state index contributed by atoms with van der Waals surface area (Å²) in [5.41, 5.74) is -0.636. The van der Waals surface area contributed by atoms with E-state index in [1.165, 1.54) is 6.08 Å². The van der Waals surface area contributed by atoms with Gasteiger partial charge in [0.05, 0.1) is 5.75 Å². The number of sulfone groups is 1. The van der Waals surface area contributed by atoms with Crippen LogP contribution in [0.3, 0.4) is 0 Å². The molecule has 0 aromatic carbocycles. The van der Waals surface area contributed by atoms with Gasteiger partial charge in [-0.15, -0.1) is 6.58 Å². The monoisotopic (exact) mass is 206 g/mol. The van der Waals surface area contributed by atoms with Crippen LogP contribution in [-0.2, 0) is 9.84 Å². The molecular weight excluding hydrogens is 200 g/mol. The Bertz CT molecular complexity index is 428. The predicted octanol–water partition coefficient (Wildman–Crippen LogP) is -0.209. The quantitative estimate of drug-likeness (QED) is 0.694. The first-order valence-electron chi connectivity index (χ1n) is 2.95. The maximum atomic E-state index is 11.2. The van der Waals surface area contributed by atoms with Crippen molar-refractivity contribution in [1.82, 2.24) is 9.36 Å². The molecule has 5 nitrogen and oxygen atoms in total. The number of hydrogen-bond acceptors (Lipinski definition) is 5. The minimum atomic E-state index is -3.43. The number of nitrogens with one attached hydrogen (secondary N) is 1. The molecule has 0 atom stereocenters. The highest BCUT2D eigenvalue weighted by molar-refractivity contribution is 7.93. The van der Waals surface area contributed by atoms with Crippen molar-refractivity contribution >= 4 is 21.4 Å². The molecule has 0 aliphatic carbocycles. The van der Waals surface area contributed by atoms with Gasteiger partial charge in [0.15, 0.2) is 0 Å². The second-order valence-corrected chi connectivity index (χ2v) is 4.96. The lowest BCUT2D eigenvalue weighted by molar-refractivity contribution is 0.598. The number of aromatic amines is 1. The number of nitrogens with zero attached hydrogens (tertiary/aromatic N) is 1. The van der Waals surface area contributed by atoms with E-state index in [4.69, 9.17) is 0 Å². The summed E-state index contributed by atoms with van der Waals surface area (Å²) >= 11 is 0.712. The molecule has 0 spiro atoms. The SMILES string of the molecule is C=CCS(=O)(=O)c1nc(=O)[nH]s1. The highest BCUT2D eigenvalue weighted by Gasteiger charge is 2.16. The third-order valence-electron chi connectivity index (χ3n) is 1.02. The van der Waals surface area contributed by atoms with Crippen molar-refractivity contribution in [1.29, 1.82) is 0 Å². The second kappa shape index (κ2) is 3.20. The molecule has 1 rings (SSSR count). The van der Waals surface area contributed by atoms with Crippen LogP contribution in [0.5, 0.6) is 0 Å². The molecule has 12 heavy (non-hydrogen) atoms. The van der Waals surface area contributed by atoms with Crippen LogP contribution in [-0.4, -0.2) is 23.5 Å². The number of hydrogen-bond donors (Lipinski definition) is 1. The summed E-state index contributed by atoms with van der Waals surface area (Å²) in [5, 5.41) is 0. The largest absolute Gasteiger partial charge is 0.356 e. The number of rotatable bonds is 3. The summed E-state index contributed by atoms with van der Waals surface area (Å²) in [6, 6.07) is 0. The van der Waals surface area contributed by atoms with Crippen LogP contribution in [0.4, 0.5) is 0 Å². The zero-order chi connectivity index (χ0) is 9.19. The molecule has 0 radical (unpaired) electrons. The third-order valence-corrected chi connectivity index (χ3v) is 3.87. The fraction of sp³-hybridized carbons (Fsp3) is 0.200. The minimum absolute atomic E-state index is 0.188. The Balaban J connectivity index is 3.14. The molecule has 1 heterocycles. The highest BCUT2D eigenvalue weighted by Crippen LogP contribution is 2.08. The summed E-state index contributed by atoms with van der Waals surface area (Å²) in [4.78, 5) is 13.8. The maximum Gasteiger partial charge on any atom is 0.356 e. The van der Waals surface area contributed by atoms with E-state index in [0.29, 0.717) is 11.5 Å². The van der Waals surface area contributed by atoms with Crippen molar-refractivity contribution in [3.8, 4) is 0 Å². The van der Waals surface area contributed by atoms with Crippen molar-refractivity contribution in [2.45, 2.75) is 4.34 Å². The van der Waals surface area contributed by atoms with Gasteiger partial charge in [0.2, 0.25) is 14.2 Å². The molecule has 0 saturated carbocycles. The Morgan fingerprint density at radius 3 is 2.75 bits per heavy atom. The Kier molecular flexibility index (Phi) is 2.43. The van der Waals surface area contributed by atoms with E-state index in [1.807, 2.05) is 0 Å². The van der Waals surface area contributed by atoms with Crippen molar-refractivity contribution < 1.29 is 8.42 Å². The molecule has 0 fully saturated rings. The van der Waals surface area contributed by atoms with Gasteiger partial charge in [0.1, 0.15) is 0 Å². The average Bonchev–Trinajstić information content (AvgIpc) is 2.36. The summed E-state index contributed by atoms with van der Waals surface area (Å²) in [7, 11) is -3.43. The van der Waals surface area contributed by atoms with Gasteiger partial charge in [-0.05, 0) is 11.5 Å². The van der Waals surface area contributed by atoms with Gasteiger partial charge >= 0.3 is 5.69 Å². The van der Waals surface area contributed by atoms with Crippen LogP contribution >= 0.6 is 11.5 Å². The van der Waals surface area contributed by atoms with Crippen LogP contribution in [0, 0.1) is 0 Å². The van der Waals surface area contributed by atoms with Gasteiger partial charge in [-0.2, -0.15) is 4.98 Å². The van der Waals surface area contributed by atoms with Gasteiger partial charge < -0.3 is 0 Å². The minimum Gasteiger partial charge on any atom is -0.259 e. The van der Waals surface area contributed by atoms with E-state index < -0.39 is 15.5 Å². The average molecular weight is 206 g/mol. The zero-order valence-corrected chi connectivity index (χ0v) is 7.61. The van der Waals surface area contributed by atoms with Crippen LogP contribution in [0.25, 0.3) is 0 Å². The Morgan fingerprint density at radius 1 is 1.67 bits per heavy atom. The topological polar surface area (TPSA) is 79.9 Å². The molecule has 0 aliphatic rings. The van der Waals surface area contributed by atoms with Gasteiger partial charge in [-0.25, -0.2) is 13.2 Å².